The van der Waals surface area contributed by atoms with E-state index in [-0.39, 0.29) is 0 Å². The van der Waals surface area contributed by atoms with Gasteiger partial charge in [-0.1, -0.05) is 18.2 Å². The maximum absolute atomic E-state index is 12.5. The van der Waals surface area contributed by atoms with Crippen molar-refractivity contribution < 1.29 is 13.2 Å². The summed E-state index contributed by atoms with van der Waals surface area (Å²) in [6.45, 7) is 1.16. The Morgan fingerprint density at radius 1 is 1.13 bits per heavy atom. The molecule has 3 nitrogen and oxygen atoms in total. The van der Waals surface area contributed by atoms with Crippen molar-refractivity contribution in [2.45, 2.75) is 19.1 Å². The van der Waals surface area contributed by atoms with Gasteiger partial charge in [0.05, 0.1) is 5.56 Å². The predicted octanol–water partition coefficient (Wildman–Crippen LogP) is 3.67. The largest absolute Gasteiger partial charge is 0.416 e. The van der Waals surface area contributed by atoms with Gasteiger partial charge in [0.2, 0.25) is 0 Å². The van der Waals surface area contributed by atoms with Crippen molar-refractivity contribution in [3.63, 3.8) is 0 Å². The maximum atomic E-state index is 12.5. The van der Waals surface area contributed by atoms with Gasteiger partial charge in [-0.05, 0) is 35.6 Å². The second-order valence-electron chi connectivity index (χ2n) is 4.88. The van der Waals surface area contributed by atoms with Gasteiger partial charge in [0.15, 0.2) is 5.96 Å². The molecule has 2 rings (SSSR count). The minimum absolute atomic E-state index is 0.414. The molecule has 124 valence electrons. The van der Waals surface area contributed by atoms with Gasteiger partial charge >= 0.3 is 6.18 Å². The molecule has 0 aliphatic heterocycles. The molecule has 0 unspecified atom stereocenters. The summed E-state index contributed by atoms with van der Waals surface area (Å²) in [6, 6.07) is 9.19. The highest BCUT2D eigenvalue weighted by Gasteiger charge is 2.29. The van der Waals surface area contributed by atoms with Crippen molar-refractivity contribution >= 4 is 17.3 Å². The first-order valence-electron chi connectivity index (χ1n) is 7.12. The summed E-state index contributed by atoms with van der Waals surface area (Å²) in [7, 11) is 1.66. The minimum atomic E-state index is -4.30. The minimum Gasteiger partial charge on any atom is -0.356 e. The lowest BCUT2D eigenvalue weighted by molar-refractivity contribution is -0.137. The Morgan fingerprint density at radius 3 is 2.43 bits per heavy atom. The highest BCUT2D eigenvalue weighted by Crippen LogP contribution is 2.28. The molecule has 0 bridgehead atoms. The first kappa shape index (κ1) is 17.3. The van der Waals surface area contributed by atoms with E-state index in [1.807, 2.05) is 11.4 Å². The molecular formula is C16H18F3N3S. The second kappa shape index (κ2) is 8.01. The zero-order valence-corrected chi connectivity index (χ0v) is 13.5. The zero-order valence-electron chi connectivity index (χ0n) is 12.7. The molecule has 7 heteroatoms. The topological polar surface area (TPSA) is 36.4 Å². The van der Waals surface area contributed by atoms with Crippen LogP contribution < -0.4 is 10.6 Å². The molecule has 1 aromatic carbocycles. The number of hydrogen-bond acceptors (Lipinski definition) is 2. The molecule has 0 radical (unpaired) electrons. The van der Waals surface area contributed by atoms with Crippen LogP contribution in [0, 0.1) is 0 Å². The van der Waals surface area contributed by atoms with Gasteiger partial charge in [0.1, 0.15) is 0 Å². The molecule has 0 aliphatic carbocycles. The molecule has 0 fully saturated rings. The number of aliphatic imine (C=N–C) groups is 1. The summed E-state index contributed by atoms with van der Waals surface area (Å²) in [4.78, 5) is 5.38. The van der Waals surface area contributed by atoms with E-state index in [4.69, 9.17) is 0 Å². The number of hydrogen-bond donors (Lipinski definition) is 2. The molecular weight excluding hydrogens is 323 g/mol. The van der Waals surface area contributed by atoms with Crippen LogP contribution in [0.2, 0.25) is 0 Å². The average molecular weight is 341 g/mol. The van der Waals surface area contributed by atoms with Crippen LogP contribution in [0.4, 0.5) is 13.2 Å². The summed E-state index contributed by atoms with van der Waals surface area (Å²) in [6.07, 6.45) is -3.40. The standard InChI is InChI=1S/C16H18F3N3S/c1-20-15(21-9-8-14-3-2-10-23-14)22-11-12-4-6-13(7-5-12)16(17,18)19/h2-7,10H,8-9,11H2,1H3,(H2,20,21,22). The molecule has 0 atom stereocenters. The number of nitrogens with one attached hydrogen (secondary N) is 2. The SMILES string of the molecule is CN=C(NCCc1cccs1)NCc1ccc(C(F)(F)F)cc1. The van der Waals surface area contributed by atoms with E-state index < -0.39 is 11.7 Å². The summed E-state index contributed by atoms with van der Waals surface area (Å²) in [5.74, 6) is 0.626. The number of halogens is 3. The summed E-state index contributed by atoms with van der Waals surface area (Å²) in [5, 5.41) is 8.30. The summed E-state index contributed by atoms with van der Waals surface area (Å²) < 4.78 is 37.5. The monoisotopic (exact) mass is 341 g/mol. The number of guanidine groups is 1. The van der Waals surface area contributed by atoms with Crippen LogP contribution >= 0.6 is 11.3 Å². The van der Waals surface area contributed by atoms with Crippen LogP contribution in [0.25, 0.3) is 0 Å². The normalized spacial score (nSPS) is 12.3. The van der Waals surface area contributed by atoms with Crippen LogP contribution in [-0.4, -0.2) is 19.6 Å². The van der Waals surface area contributed by atoms with Crippen LogP contribution in [0.3, 0.4) is 0 Å². The fourth-order valence-corrected chi connectivity index (χ4v) is 2.69. The van der Waals surface area contributed by atoms with Crippen LogP contribution in [0.15, 0.2) is 46.8 Å². The molecule has 0 saturated heterocycles. The Morgan fingerprint density at radius 2 is 1.87 bits per heavy atom. The van der Waals surface area contributed by atoms with Crippen molar-refractivity contribution in [2.75, 3.05) is 13.6 Å². The average Bonchev–Trinajstić information content (AvgIpc) is 3.03. The van der Waals surface area contributed by atoms with Crippen molar-refractivity contribution in [3.05, 3.63) is 57.8 Å². The number of alkyl halides is 3. The maximum Gasteiger partial charge on any atom is 0.416 e. The molecule has 1 heterocycles. The van der Waals surface area contributed by atoms with E-state index in [0.29, 0.717) is 12.5 Å². The number of rotatable bonds is 5. The zero-order chi connectivity index (χ0) is 16.7. The van der Waals surface area contributed by atoms with Crippen LogP contribution in [0.5, 0.6) is 0 Å². The van der Waals surface area contributed by atoms with E-state index in [9.17, 15) is 13.2 Å². The van der Waals surface area contributed by atoms with E-state index in [0.717, 1.165) is 30.7 Å². The summed E-state index contributed by atoms with van der Waals surface area (Å²) in [5.41, 5.74) is 0.124. The third kappa shape index (κ3) is 5.59. The van der Waals surface area contributed by atoms with E-state index in [1.54, 1.807) is 18.4 Å². The lowest BCUT2D eigenvalue weighted by atomic mass is 10.1. The van der Waals surface area contributed by atoms with Gasteiger partial charge in [-0.15, -0.1) is 11.3 Å². The number of benzene rings is 1. The Balaban J connectivity index is 1.78. The third-order valence-corrected chi connectivity index (χ3v) is 4.14. The van der Waals surface area contributed by atoms with Gasteiger partial charge in [-0.2, -0.15) is 13.2 Å². The predicted molar refractivity (Wildman–Crippen MR) is 87.7 cm³/mol. The Bertz CT molecular complexity index is 619. The highest BCUT2D eigenvalue weighted by atomic mass is 32.1. The fraction of sp³-hybridized carbons (Fsp3) is 0.312. The summed E-state index contributed by atoms with van der Waals surface area (Å²) >= 11 is 1.70. The molecule has 2 N–H and O–H groups in total. The lowest BCUT2D eigenvalue weighted by Crippen LogP contribution is -2.37. The van der Waals surface area contributed by atoms with Crippen molar-refractivity contribution in [1.29, 1.82) is 0 Å². The Hall–Kier alpha value is -2.02. The van der Waals surface area contributed by atoms with Gasteiger partial charge in [0.25, 0.3) is 0 Å². The Kier molecular flexibility index (Phi) is 6.04. The second-order valence-corrected chi connectivity index (χ2v) is 5.91. The van der Waals surface area contributed by atoms with E-state index in [1.165, 1.54) is 17.0 Å². The number of thiophene rings is 1. The molecule has 1 aromatic heterocycles. The molecule has 23 heavy (non-hydrogen) atoms. The van der Waals surface area contributed by atoms with Crippen LogP contribution in [-0.2, 0) is 19.1 Å². The molecule has 0 amide bonds. The van der Waals surface area contributed by atoms with Crippen molar-refractivity contribution in [3.8, 4) is 0 Å². The van der Waals surface area contributed by atoms with Gasteiger partial charge < -0.3 is 10.6 Å². The molecule has 0 saturated carbocycles. The van der Waals surface area contributed by atoms with Gasteiger partial charge in [0, 0.05) is 25.0 Å². The van der Waals surface area contributed by atoms with Gasteiger partial charge in [-0.3, -0.25) is 4.99 Å². The fourth-order valence-electron chi connectivity index (χ4n) is 1.98. The third-order valence-electron chi connectivity index (χ3n) is 3.21. The quantitative estimate of drug-likeness (QED) is 0.643. The van der Waals surface area contributed by atoms with E-state index >= 15 is 0 Å². The first-order valence-corrected chi connectivity index (χ1v) is 8.00. The molecule has 0 aliphatic rings. The lowest BCUT2D eigenvalue weighted by Gasteiger charge is -2.12. The highest BCUT2D eigenvalue weighted by molar-refractivity contribution is 7.09. The number of nitrogens with zero attached hydrogens (tertiary/aromatic N) is 1. The van der Waals surface area contributed by atoms with E-state index in [2.05, 4.69) is 21.7 Å². The smallest absolute Gasteiger partial charge is 0.356 e. The first-order chi connectivity index (χ1) is 11.0. The molecule has 0 spiro atoms. The van der Waals surface area contributed by atoms with Crippen LogP contribution in [0.1, 0.15) is 16.0 Å². The van der Waals surface area contributed by atoms with Crippen molar-refractivity contribution in [1.82, 2.24) is 10.6 Å². The van der Waals surface area contributed by atoms with Crippen molar-refractivity contribution in [2.24, 2.45) is 4.99 Å². The van der Waals surface area contributed by atoms with Gasteiger partial charge in [-0.25, -0.2) is 0 Å². The molecule has 2 aromatic rings. The Labute approximate surface area is 137 Å².